The van der Waals surface area contributed by atoms with Crippen molar-refractivity contribution in [1.82, 2.24) is 15.2 Å². The smallest absolute Gasteiger partial charge is 0.247 e. The van der Waals surface area contributed by atoms with Crippen LogP contribution in [0.25, 0.3) is 22.2 Å². The number of benzene rings is 3. The number of anilines is 2. The van der Waals surface area contributed by atoms with Gasteiger partial charge in [0.2, 0.25) is 16.0 Å². The van der Waals surface area contributed by atoms with Crippen molar-refractivity contribution in [3.63, 3.8) is 0 Å². The van der Waals surface area contributed by atoms with Crippen LogP contribution < -0.4 is 10.5 Å². The third-order valence-corrected chi connectivity index (χ3v) is 5.62. The lowest BCUT2D eigenvalue weighted by Gasteiger charge is -2.10. The molecule has 8 nitrogen and oxygen atoms in total. The Bertz CT molecular complexity index is 1380. The largest absolute Gasteiger partial charge is 0.507 e. The van der Waals surface area contributed by atoms with Gasteiger partial charge in [-0.05, 0) is 72.6 Å². The third-order valence-electron chi connectivity index (χ3n) is 4.46. The highest BCUT2D eigenvalue weighted by atomic mass is 35.5. The SMILES string of the molecule is Cc1cc(-c2cc(Cl)ccc2O)cc2nnc(Nc3ccc(S(N)(=O)=O)cc3)nc12. The van der Waals surface area contributed by atoms with E-state index in [-0.39, 0.29) is 16.6 Å². The predicted octanol–water partition coefficient (Wildman–Crippen LogP) is 3.75. The third kappa shape index (κ3) is 4.04. The van der Waals surface area contributed by atoms with Crippen molar-refractivity contribution in [3.05, 3.63) is 65.2 Å². The first-order valence-corrected chi connectivity index (χ1v) is 10.7. The number of phenols is 1. The van der Waals surface area contributed by atoms with E-state index in [4.69, 9.17) is 16.7 Å². The van der Waals surface area contributed by atoms with Gasteiger partial charge in [-0.1, -0.05) is 11.6 Å². The van der Waals surface area contributed by atoms with Gasteiger partial charge in [0.1, 0.15) is 11.3 Å². The highest BCUT2D eigenvalue weighted by molar-refractivity contribution is 7.89. The van der Waals surface area contributed by atoms with Crippen molar-refractivity contribution < 1.29 is 13.5 Å². The Morgan fingerprint density at radius 3 is 2.47 bits per heavy atom. The van der Waals surface area contributed by atoms with E-state index in [1.807, 2.05) is 13.0 Å². The Balaban J connectivity index is 1.68. The zero-order valence-corrected chi connectivity index (χ0v) is 17.2. The van der Waals surface area contributed by atoms with E-state index in [0.29, 0.717) is 27.3 Å². The number of fused-ring (bicyclic) bond motifs is 1. The summed E-state index contributed by atoms with van der Waals surface area (Å²) in [4.78, 5) is 4.51. The van der Waals surface area contributed by atoms with Crippen molar-refractivity contribution in [3.8, 4) is 16.9 Å². The predicted molar refractivity (Wildman–Crippen MR) is 115 cm³/mol. The summed E-state index contributed by atoms with van der Waals surface area (Å²) in [7, 11) is -3.76. The number of aromatic nitrogens is 3. The summed E-state index contributed by atoms with van der Waals surface area (Å²) in [6, 6.07) is 14.4. The molecular formula is C20H16ClN5O3S. The molecule has 0 fully saturated rings. The van der Waals surface area contributed by atoms with Gasteiger partial charge in [0.15, 0.2) is 0 Å². The van der Waals surface area contributed by atoms with Gasteiger partial charge in [-0.15, -0.1) is 10.2 Å². The molecule has 30 heavy (non-hydrogen) atoms. The Kier molecular flexibility index (Phi) is 5.02. The van der Waals surface area contributed by atoms with Crippen LogP contribution in [0.5, 0.6) is 5.75 Å². The highest BCUT2D eigenvalue weighted by Crippen LogP contribution is 2.34. The molecule has 0 saturated carbocycles. The molecule has 3 aromatic carbocycles. The van der Waals surface area contributed by atoms with Crippen molar-refractivity contribution in [2.75, 3.05) is 5.32 Å². The first-order valence-electron chi connectivity index (χ1n) is 8.74. The number of phenolic OH excluding ortho intramolecular Hbond substituents is 1. The second-order valence-electron chi connectivity index (χ2n) is 6.65. The van der Waals surface area contributed by atoms with Gasteiger partial charge in [-0.25, -0.2) is 18.5 Å². The average molecular weight is 442 g/mol. The van der Waals surface area contributed by atoms with E-state index in [9.17, 15) is 13.5 Å². The fourth-order valence-electron chi connectivity index (χ4n) is 3.02. The number of sulfonamides is 1. The Hall–Kier alpha value is -3.27. The zero-order valence-electron chi connectivity index (χ0n) is 15.7. The number of hydrogen-bond donors (Lipinski definition) is 3. The van der Waals surface area contributed by atoms with Crippen molar-refractivity contribution in [2.24, 2.45) is 5.14 Å². The van der Waals surface area contributed by atoms with E-state index in [2.05, 4.69) is 20.5 Å². The van der Waals surface area contributed by atoms with Crippen LogP contribution in [0.4, 0.5) is 11.6 Å². The number of rotatable bonds is 4. The lowest BCUT2D eigenvalue weighted by atomic mass is 10.0. The highest BCUT2D eigenvalue weighted by Gasteiger charge is 2.12. The molecule has 0 aliphatic rings. The van der Waals surface area contributed by atoms with E-state index in [0.717, 1.165) is 11.1 Å². The van der Waals surface area contributed by atoms with Gasteiger partial charge >= 0.3 is 0 Å². The number of halogens is 1. The first-order chi connectivity index (χ1) is 14.2. The summed E-state index contributed by atoms with van der Waals surface area (Å²) >= 11 is 6.06. The molecule has 152 valence electrons. The van der Waals surface area contributed by atoms with E-state index in [1.165, 1.54) is 18.2 Å². The maximum absolute atomic E-state index is 11.4. The van der Waals surface area contributed by atoms with Gasteiger partial charge in [-0.3, -0.25) is 0 Å². The lowest BCUT2D eigenvalue weighted by molar-refractivity contribution is 0.477. The van der Waals surface area contributed by atoms with Crippen LogP contribution in [-0.4, -0.2) is 28.7 Å². The minimum absolute atomic E-state index is 0.0123. The molecule has 10 heteroatoms. The van der Waals surface area contributed by atoms with E-state index >= 15 is 0 Å². The molecule has 4 N–H and O–H groups in total. The molecule has 0 radical (unpaired) electrons. The number of hydrogen-bond acceptors (Lipinski definition) is 7. The van der Waals surface area contributed by atoms with E-state index in [1.54, 1.807) is 30.3 Å². The summed E-state index contributed by atoms with van der Waals surface area (Å²) in [5.41, 5.74) is 3.95. The maximum Gasteiger partial charge on any atom is 0.247 e. The average Bonchev–Trinajstić information content (AvgIpc) is 2.70. The summed E-state index contributed by atoms with van der Waals surface area (Å²) in [6.45, 7) is 1.88. The topological polar surface area (TPSA) is 131 Å². The second kappa shape index (κ2) is 7.52. The molecule has 1 aromatic heterocycles. The van der Waals surface area contributed by atoms with Crippen LogP contribution in [0.15, 0.2) is 59.5 Å². The van der Waals surface area contributed by atoms with E-state index < -0.39 is 10.0 Å². The molecular weight excluding hydrogens is 426 g/mol. The van der Waals surface area contributed by atoms with Gasteiger partial charge < -0.3 is 10.4 Å². The number of primary sulfonamides is 1. The monoisotopic (exact) mass is 441 g/mol. The van der Waals surface area contributed by atoms with Crippen LogP contribution in [-0.2, 0) is 10.0 Å². The molecule has 4 rings (SSSR count). The van der Waals surface area contributed by atoms with Crippen LogP contribution >= 0.6 is 11.6 Å². The lowest BCUT2D eigenvalue weighted by Crippen LogP contribution is -2.11. The fraction of sp³-hybridized carbons (Fsp3) is 0.0500. The summed E-state index contributed by atoms with van der Waals surface area (Å²) in [6.07, 6.45) is 0. The summed E-state index contributed by atoms with van der Waals surface area (Å²) < 4.78 is 22.7. The van der Waals surface area contributed by atoms with Crippen LogP contribution in [0.2, 0.25) is 5.02 Å². The fourth-order valence-corrected chi connectivity index (χ4v) is 3.70. The molecule has 0 aliphatic carbocycles. The number of nitrogens with zero attached hydrogens (tertiary/aromatic N) is 3. The minimum atomic E-state index is -3.76. The molecule has 0 bridgehead atoms. The Labute approximate surface area is 177 Å². The van der Waals surface area contributed by atoms with Crippen LogP contribution in [0, 0.1) is 6.92 Å². The standard InChI is InChI=1S/C20H16ClN5O3S/c1-11-8-12(16-10-13(21)2-7-18(16)27)9-17-19(11)24-20(26-25-17)23-14-3-5-15(6-4-14)30(22,28)29/h2-10,27H,1H3,(H2,22,28,29)(H,23,24,26). The maximum atomic E-state index is 11.4. The zero-order chi connectivity index (χ0) is 21.5. The van der Waals surface area contributed by atoms with Gasteiger partial charge in [0.05, 0.1) is 10.4 Å². The quantitative estimate of drug-likeness (QED) is 0.439. The molecule has 0 spiro atoms. The second-order valence-corrected chi connectivity index (χ2v) is 8.65. The Morgan fingerprint density at radius 2 is 1.77 bits per heavy atom. The van der Waals surface area contributed by atoms with Crippen molar-refractivity contribution in [1.29, 1.82) is 0 Å². The first kappa shape index (κ1) is 20.0. The Morgan fingerprint density at radius 1 is 1.03 bits per heavy atom. The molecule has 0 unspecified atom stereocenters. The van der Waals surface area contributed by atoms with Crippen LogP contribution in [0.3, 0.4) is 0 Å². The molecule has 0 saturated heterocycles. The van der Waals surface area contributed by atoms with Gasteiger partial charge in [0.25, 0.3) is 0 Å². The van der Waals surface area contributed by atoms with Crippen LogP contribution in [0.1, 0.15) is 5.56 Å². The number of nitrogens with two attached hydrogens (primary N) is 1. The number of aryl methyl sites for hydroxylation is 1. The number of aromatic hydroxyl groups is 1. The summed E-state index contributed by atoms with van der Waals surface area (Å²) in [5.74, 6) is 0.368. The molecule has 0 aliphatic heterocycles. The van der Waals surface area contributed by atoms with Gasteiger partial charge in [-0.2, -0.15) is 0 Å². The minimum Gasteiger partial charge on any atom is -0.507 e. The molecule has 4 aromatic rings. The molecule has 1 heterocycles. The molecule has 0 amide bonds. The van der Waals surface area contributed by atoms with Crippen molar-refractivity contribution >= 4 is 44.3 Å². The summed E-state index contributed by atoms with van der Waals surface area (Å²) in [5, 5.41) is 27.1. The number of nitrogens with one attached hydrogen (secondary N) is 1. The normalized spacial score (nSPS) is 11.6. The van der Waals surface area contributed by atoms with Crippen molar-refractivity contribution in [2.45, 2.75) is 11.8 Å². The van der Waals surface area contributed by atoms with Gasteiger partial charge in [0, 0.05) is 16.3 Å². The molecule has 0 atom stereocenters.